The summed E-state index contributed by atoms with van der Waals surface area (Å²) >= 11 is 1.60. The van der Waals surface area contributed by atoms with Gasteiger partial charge >= 0.3 is 0 Å². The number of nitrogens with zero attached hydrogens (tertiary/aromatic N) is 1. The Morgan fingerprint density at radius 3 is 2.82 bits per heavy atom. The van der Waals surface area contributed by atoms with E-state index < -0.39 is 0 Å². The highest BCUT2D eigenvalue weighted by Crippen LogP contribution is 2.24. The number of nitrogens with two attached hydrogens (primary N) is 1. The summed E-state index contributed by atoms with van der Waals surface area (Å²) in [4.78, 5) is 4.50. The molecule has 0 saturated carbocycles. The van der Waals surface area contributed by atoms with Gasteiger partial charge < -0.3 is 5.73 Å². The standard InChI is InChI=1S/C13H17FN2S/c14-10-6-7-11-12(9-10)17-13(16-11)5-3-1-2-4-8-15/h6-7,9H,1-5,8,15H2. The Morgan fingerprint density at radius 1 is 1.18 bits per heavy atom. The van der Waals surface area contributed by atoms with Crippen LogP contribution < -0.4 is 5.73 Å². The maximum atomic E-state index is 13.0. The lowest BCUT2D eigenvalue weighted by atomic mass is 10.1. The molecule has 2 rings (SSSR count). The first-order chi connectivity index (χ1) is 8.29. The molecule has 0 unspecified atom stereocenters. The van der Waals surface area contributed by atoms with Crippen LogP contribution in [0, 0.1) is 5.82 Å². The second-order valence-electron chi connectivity index (χ2n) is 4.17. The second kappa shape index (κ2) is 6.07. The molecule has 0 bridgehead atoms. The van der Waals surface area contributed by atoms with E-state index >= 15 is 0 Å². The highest BCUT2D eigenvalue weighted by molar-refractivity contribution is 7.18. The zero-order valence-electron chi connectivity index (χ0n) is 9.79. The molecular formula is C13H17FN2S. The number of fused-ring (bicyclic) bond motifs is 1. The van der Waals surface area contributed by atoms with Crippen molar-refractivity contribution in [3.05, 3.63) is 29.0 Å². The first-order valence-electron chi connectivity index (χ1n) is 6.04. The van der Waals surface area contributed by atoms with E-state index in [1.54, 1.807) is 23.5 Å². The van der Waals surface area contributed by atoms with Crippen LogP contribution in [0.15, 0.2) is 18.2 Å². The van der Waals surface area contributed by atoms with Gasteiger partial charge in [0, 0.05) is 0 Å². The predicted octanol–water partition coefficient (Wildman–Crippen LogP) is 3.50. The fraction of sp³-hybridized carbons (Fsp3) is 0.462. The Kier molecular flexibility index (Phi) is 4.45. The average molecular weight is 252 g/mol. The molecule has 0 aliphatic carbocycles. The molecule has 2 nitrogen and oxygen atoms in total. The Balaban J connectivity index is 1.91. The first-order valence-corrected chi connectivity index (χ1v) is 6.86. The number of hydrogen-bond donors (Lipinski definition) is 1. The van der Waals surface area contributed by atoms with Crippen LogP contribution in [0.2, 0.25) is 0 Å². The van der Waals surface area contributed by atoms with E-state index in [0.717, 1.165) is 41.0 Å². The van der Waals surface area contributed by atoms with E-state index in [-0.39, 0.29) is 5.82 Å². The summed E-state index contributed by atoms with van der Waals surface area (Å²) in [6.45, 7) is 0.778. The Labute approximate surface area is 105 Å². The number of rotatable bonds is 6. The second-order valence-corrected chi connectivity index (χ2v) is 5.29. The number of thiazole rings is 1. The van der Waals surface area contributed by atoms with Gasteiger partial charge in [-0.15, -0.1) is 11.3 Å². The summed E-state index contributed by atoms with van der Waals surface area (Å²) in [6.07, 6.45) is 5.62. The summed E-state index contributed by atoms with van der Waals surface area (Å²) in [7, 11) is 0. The molecule has 4 heteroatoms. The van der Waals surface area contributed by atoms with Crippen LogP contribution in [-0.2, 0) is 6.42 Å². The summed E-state index contributed by atoms with van der Waals surface area (Å²) in [5.41, 5.74) is 6.35. The molecule has 0 amide bonds. The summed E-state index contributed by atoms with van der Waals surface area (Å²) in [5, 5.41) is 1.11. The molecule has 0 aliphatic heterocycles. The van der Waals surface area contributed by atoms with Crippen LogP contribution in [0.25, 0.3) is 10.2 Å². The molecule has 0 aliphatic rings. The van der Waals surface area contributed by atoms with E-state index in [1.165, 1.54) is 18.9 Å². The maximum absolute atomic E-state index is 13.0. The van der Waals surface area contributed by atoms with Gasteiger partial charge in [-0.25, -0.2) is 9.37 Å². The fourth-order valence-corrected chi connectivity index (χ4v) is 2.86. The summed E-state index contributed by atoms with van der Waals surface area (Å²) < 4.78 is 14.0. The van der Waals surface area contributed by atoms with Gasteiger partial charge in [0.2, 0.25) is 0 Å². The van der Waals surface area contributed by atoms with Crippen molar-refractivity contribution in [1.82, 2.24) is 4.98 Å². The third kappa shape index (κ3) is 3.48. The minimum absolute atomic E-state index is 0.185. The van der Waals surface area contributed by atoms with Crippen molar-refractivity contribution in [2.45, 2.75) is 32.1 Å². The lowest BCUT2D eigenvalue weighted by Gasteiger charge is -1.97. The van der Waals surface area contributed by atoms with Crippen molar-refractivity contribution < 1.29 is 4.39 Å². The number of aryl methyl sites for hydroxylation is 1. The van der Waals surface area contributed by atoms with Crippen molar-refractivity contribution >= 4 is 21.6 Å². The molecule has 1 aromatic carbocycles. The zero-order valence-corrected chi connectivity index (χ0v) is 10.6. The van der Waals surface area contributed by atoms with Crippen LogP contribution >= 0.6 is 11.3 Å². The molecule has 0 spiro atoms. The first kappa shape index (κ1) is 12.5. The van der Waals surface area contributed by atoms with Crippen molar-refractivity contribution in [3.63, 3.8) is 0 Å². The highest BCUT2D eigenvalue weighted by Gasteiger charge is 2.04. The average Bonchev–Trinajstić information content (AvgIpc) is 2.70. The Bertz CT molecular complexity index is 481. The zero-order chi connectivity index (χ0) is 12.1. The Hall–Kier alpha value is -1.000. The molecule has 0 saturated heterocycles. The Morgan fingerprint density at radius 2 is 2.00 bits per heavy atom. The van der Waals surface area contributed by atoms with Gasteiger partial charge in [-0.3, -0.25) is 0 Å². The third-order valence-electron chi connectivity index (χ3n) is 2.74. The fourth-order valence-electron chi connectivity index (χ4n) is 1.83. The maximum Gasteiger partial charge on any atom is 0.124 e. The van der Waals surface area contributed by atoms with E-state index in [4.69, 9.17) is 5.73 Å². The largest absolute Gasteiger partial charge is 0.330 e. The summed E-state index contributed by atoms with van der Waals surface area (Å²) in [6, 6.07) is 4.77. The van der Waals surface area contributed by atoms with Gasteiger partial charge in [-0.1, -0.05) is 12.8 Å². The quantitative estimate of drug-likeness (QED) is 0.799. The molecule has 0 fully saturated rings. The number of benzene rings is 1. The van der Waals surface area contributed by atoms with Crippen molar-refractivity contribution in [2.24, 2.45) is 5.73 Å². The van der Waals surface area contributed by atoms with E-state index in [0.29, 0.717) is 0 Å². The molecule has 1 heterocycles. The lowest BCUT2D eigenvalue weighted by molar-refractivity contribution is 0.630. The molecule has 17 heavy (non-hydrogen) atoms. The monoisotopic (exact) mass is 252 g/mol. The number of unbranched alkanes of at least 4 members (excludes halogenated alkanes) is 3. The predicted molar refractivity (Wildman–Crippen MR) is 70.8 cm³/mol. The molecule has 0 atom stereocenters. The van der Waals surface area contributed by atoms with Crippen molar-refractivity contribution in [2.75, 3.05) is 6.54 Å². The topological polar surface area (TPSA) is 38.9 Å². The molecule has 92 valence electrons. The minimum Gasteiger partial charge on any atom is -0.330 e. The van der Waals surface area contributed by atoms with Crippen molar-refractivity contribution in [3.8, 4) is 0 Å². The van der Waals surface area contributed by atoms with Gasteiger partial charge in [-0.05, 0) is 44.0 Å². The van der Waals surface area contributed by atoms with Crippen LogP contribution in [-0.4, -0.2) is 11.5 Å². The van der Waals surface area contributed by atoms with Crippen LogP contribution in [0.3, 0.4) is 0 Å². The number of aromatic nitrogens is 1. The van der Waals surface area contributed by atoms with Gasteiger partial charge in [0.15, 0.2) is 0 Å². The molecule has 0 radical (unpaired) electrons. The van der Waals surface area contributed by atoms with Crippen LogP contribution in [0.4, 0.5) is 4.39 Å². The molecular weight excluding hydrogens is 235 g/mol. The van der Waals surface area contributed by atoms with E-state index in [9.17, 15) is 4.39 Å². The van der Waals surface area contributed by atoms with Gasteiger partial charge in [-0.2, -0.15) is 0 Å². The number of halogens is 1. The van der Waals surface area contributed by atoms with E-state index in [2.05, 4.69) is 4.98 Å². The van der Waals surface area contributed by atoms with Crippen LogP contribution in [0.5, 0.6) is 0 Å². The molecule has 2 N–H and O–H groups in total. The third-order valence-corrected chi connectivity index (χ3v) is 3.82. The minimum atomic E-state index is -0.185. The molecule has 1 aromatic heterocycles. The lowest BCUT2D eigenvalue weighted by Crippen LogP contribution is -1.97. The van der Waals surface area contributed by atoms with Gasteiger partial charge in [0.25, 0.3) is 0 Å². The summed E-state index contributed by atoms with van der Waals surface area (Å²) in [5.74, 6) is -0.185. The normalized spacial score (nSPS) is 11.2. The van der Waals surface area contributed by atoms with Gasteiger partial charge in [0.1, 0.15) is 5.82 Å². The van der Waals surface area contributed by atoms with Crippen molar-refractivity contribution in [1.29, 1.82) is 0 Å². The van der Waals surface area contributed by atoms with Gasteiger partial charge in [0.05, 0.1) is 15.2 Å². The van der Waals surface area contributed by atoms with Crippen LogP contribution in [0.1, 0.15) is 30.7 Å². The SMILES string of the molecule is NCCCCCCc1nc2ccc(F)cc2s1. The smallest absolute Gasteiger partial charge is 0.124 e. The van der Waals surface area contributed by atoms with E-state index in [1.807, 2.05) is 0 Å². The highest BCUT2D eigenvalue weighted by atomic mass is 32.1. The number of hydrogen-bond acceptors (Lipinski definition) is 3. The molecule has 2 aromatic rings.